The van der Waals surface area contributed by atoms with Gasteiger partial charge in [0.1, 0.15) is 19.2 Å². The molecule has 0 aliphatic carbocycles. The van der Waals surface area contributed by atoms with Crippen molar-refractivity contribution in [1.82, 2.24) is 9.38 Å². The second-order valence-electron chi connectivity index (χ2n) is 4.20. The van der Waals surface area contributed by atoms with Gasteiger partial charge in [-0.1, -0.05) is 11.5 Å². The third-order valence-corrected chi connectivity index (χ3v) is 3.63. The average molecular weight is 282 g/mol. The Balaban J connectivity index is 2.30. The van der Waals surface area contributed by atoms with E-state index in [1.807, 2.05) is 16.8 Å². The molecule has 0 amide bonds. The van der Waals surface area contributed by atoms with E-state index in [1.54, 1.807) is 41.0 Å². The fourth-order valence-electron chi connectivity index (χ4n) is 2.08. The van der Waals surface area contributed by atoms with Gasteiger partial charge in [-0.25, -0.2) is 9.78 Å². The first kappa shape index (κ1) is 12.9. The quantitative estimate of drug-likeness (QED) is 0.545. The van der Waals surface area contributed by atoms with Crippen molar-refractivity contribution in [3.63, 3.8) is 0 Å². The maximum atomic E-state index is 12.2. The molecule has 20 heavy (non-hydrogen) atoms. The Bertz CT molecular complexity index is 765. The third-order valence-electron chi connectivity index (χ3n) is 2.94. The van der Waals surface area contributed by atoms with Crippen molar-refractivity contribution in [2.45, 2.75) is 6.92 Å². The number of nitrogens with zero attached hydrogens (tertiary/aromatic N) is 2. The zero-order valence-corrected chi connectivity index (χ0v) is 11.7. The molecule has 3 rings (SSSR count). The van der Waals surface area contributed by atoms with E-state index in [-0.39, 0.29) is 0 Å². The minimum absolute atomic E-state index is 0.317. The molecule has 0 N–H and O–H groups in total. The Kier molecular flexibility index (Phi) is 3.32. The molecule has 3 aromatic rings. The van der Waals surface area contributed by atoms with Gasteiger partial charge in [0.15, 0.2) is 5.69 Å². The van der Waals surface area contributed by atoms with Gasteiger partial charge < -0.3 is 4.74 Å². The number of pyridine rings is 1. The van der Waals surface area contributed by atoms with Gasteiger partial charge in [0.05, 0.1) is 6.61 Å². The maximum absolute atomic E-state index is 12.2. The van der Waals surface area contributed by atoms with E-state index in [2.05, 4.69) is 4.98 Å². The number of hydrogen-bond donors (Lipinski definition) is 0. The van der Waals surface area contributed by atoms with Crippen LogP contribution in [0, 0.1) is 0 Å². The molecule has 4 nitrogen and oxygen atoms in total. The number of thiophene rings is 1. The summed E-state index contributed by atoms with van der Waals surface area (Å²) in [5.74, 6) is -0.396. The topological polar surface area (TPSA) is 43.6 Å². The molecule has 0 unspecified atom stereocenters. The molecule has 98 valence electrons. The lowest BCUT2D eigenvalue weighted by Gasteiger charge is -2.04. The van der Waals surface area contributed by atoms with Gasteiger partial charge in [0.2, 0.25) is 0 Å². The highest BCUT2D eigenvalue weighted by Crippen LogP contribution is 2.26. The molecule has 0 aromatic carbocycles. The number of ether oxygens (including phenoxy) is 1. The molecule has 0 bridgehead atoms. The number of rotatable bonds is 3. The first-order chi connectivity index (χ1) is 9.72. The van der Waals surface area contributed by atoms with Gasteiger partial charge in [-0.2, -0.15) is 11.3 Å². The van der Waals surface area contributed by atoms with E-state index in [0.29, 0.717) is 29.1 Å². The summed E-state index contributed by atoms with van der Waals surface area (Å²) in [4.78, 5) is 16.7. The third kappa shape index (κ3) is 2.02. The number of carbonyl (C=O) groups is 1. The van der Waals surface area contributed by atoms with Crippen molar-refractivity contribution < 1.29 is 9.53 Å². The summed E-state index contributed by atoms with van der Waals surface area (Å²) >= 11 is 1.55. The van der Waals surface area contributed by atoms with Crippen LogP contribution in [0.5, 0.6) is 0 Å². The van der Waals surface area contributed by atoms with Gasteiger partial charge in [0, 0.05) is 17.1 Å². The average Bonchev–Trinajstić information content (AvgIpc) is 3.06. The molecule has 2 radical (unpaired) electrons. The fraction of sp³-hybridized carbons (Fsp3) is 0.143. The summed E-state index contributed by atoms with van der Waals surface area (Å²) in [5.41, 5.74) is 2.99. The molecule has 3 heterocycles. The summed E-state index contributed by atoms with van der Waals surface area (Å²) in [5, 5.41) is 3.89. The first-order valence-corrected chi connectivity index (χ1v) is 7.13. The van der Waals surface area contributed by atoms with Gasteiger partial charge in [-0.15, -0.1) is 0 Å². The first-order valence-electron chi connectivity index (χ1n) is 6.18. The van der Waals surface area contributed by atoms with Crippen molar-refractivity contribution in [1.29, 1.82) is 0 Å². The maximum Gasteiger partial charge on any atom is 0.357 e. The van der Waals surface area contributed by atoms with E-state index in [4.69, 9.17) is 12.6 Å². The second kappa shape index (κ2) is 5.13. The predicted molar refractivity (Wildman–Crippen MR) is 79.8 cm³/mol. The molecular formula is C14H11BN2O2S. The lowest BCUT2D eigenvalue weighted by Crippen LogP contribution is -2.12. The second-order valence-corrected chi connectivity index (χ2v) is 4.98. The molecular weight excluding hydrogens is 271 g/mol. The molecule has 0 saturated carbocycles. The number of hydrogen-bond acceptors (Lipinski definition) is 4. The molecule has 0 aliphatic rings. The van der Waals surface area contributed by atoms with Gasteiger partial charge >= 0.3 is 5.97 Å². The lowest BCUT2D eigenvalue weighted by molar-refractivity contribution is 0.0519. The highest BCUT2D eigenvalue weighted by Gasteiger charge is 2.22. The van der Waals surface area contributed by atoms with E-state index in [1.165, 1.54) is 0 Å². The number of imidazole rings is 1. The van der Waals surface area contributed by atoms with Crippen LogP contribution in [0.15, 0.2) is 35.2 Å². The molecule has 0 aliphatic heterocycles. The summed E-state index contributed by atoms with van der Waals surface area (Å²) in [7, 11) is 5.93. The van der Waals surface area contributed by atoms with Crippen LogP contribution in [0.25, 0.3) is 16.9 Å². The Morgan fingerprint density at radius 1 is 1.50 bits per heavy atom. The van der Waals surface area contributed by atoms with Gasteiger partial charge in [0.25, 0.3) is 0 Å². The fourth-order valence-corrected chi connectivity index (χ4v) is 2.72. The smallest absolute Gasteiger partial charge is 0.357 e. The van der Waals surface area contributed by atoms with E-state index in [0.717, 1.165) is 5.56 Å². The van der Waals surface area contributed by atoms with Gasteiger partial charge in [-0.3, -0.25) is 4.40 Å². The molecule has 0 fully saturated rings. The van der Waals surface area contributed by atoms with Crippen molar-refractivity contribution in [2.24, 2.45) is 0 Å². The summed E-state index contributed by atoms with van der Waals surface area (Å²) in [6, 6.07) is 5.46. The predicted octanol–water partition coefficient (Wildman–Crippen LogP) is 2.03. The highest BCUT2D eigenvalue weighted by atomic mass is 32.1. The van der Waals surface area contributed by atoms with Crippen LogP contribution in [-0.2, 0) is 4.74 Å². The highest BCUT2D eigenvalue weighted by molar-refractivity contribution is 7.08. The van der Waals surface area contributed by atoms with Crippen molar-refractivity contribution in [3.8, 4) is 11.3 Å². The van der Waals surface area contributed by atoms with Crippen LogP contribution in [0.4, 0.5) is 0 Å². The van der Waals surface area contributed by atoms with Crippen molar-refractivity contribution in [2.75, 3.05) is 6.61 Å². The summed E-state index contributed by atoms with van der Waals surface area (Å²) in [6.07, 6.45) is 1.76. The van der Waals surface area contributed by atoms with Crippen LogP contribution < -0.4 is 5.46 Å². The van der Waals surface area contributed by atoms with Crippen LogP contribution in [0.3, 0.4) is 0 Å². The Morgan fingerprint density at radius 3 is 3.05 bits per heavy atom. The number of fused-ring (bicyclic) bond motifs is 1. The zero-order valence-electron chi connectivity index (χ0n) is 10.9. The monoisotopic (exact) mass is 282 g/mol. The molecule has 6 heteroatoms. The van der Waals surface area contributed by atoms with Crippen molar-refractivity contribution in [3.05, 3.63) is 40.8 Å². The number of carbonyl (C=O) groups excluding carboxylic acids is 1. The Morgan fingerprint density at radius 2 is 2.35 bits per heavy atom. The van der Waals surface area contributed by atoms with Crippen molar-refractivity contribution >= 4 is 36.3 Å². The van der Waals surface area contributed by atoms with E-state index in [9.17, 15) is 4.79 Å². The van der Waals surface area contributed by atoms with Crippen LogP contribution in [0.2, 0.25) is 0 Å². The van der Waals surface area contributed by atoms with E-state index >= 15 is 0 Å². The number of aromatic nitrogens is 2. The molecule has 0 spiro atoms. The summed E-state index contributed by atoms with van der Waals surface area (Å²) in [6.45, 7) is 2.09. The summed E-state index contributed by atoms with van der Waals surface area (Å²) < 4.78 is 6.82. The van der Waals surface area contributed by atoms with Crippen LogP contribution >= 0.6 is 11.3 Å². The molecule has 0 saturated heterocycles. The zero-order chi connectivity index (χ0) is 14.1. The minimum Gasteiger partial charge on any atom is -0.461 e. The normalized spacial score (nSPS) is 10.8. The SMILES string of the molecule is [B]c1cccn2c(C(=O)OCC)c(-c3ccsc3)nc12. The lowest BCUT2D eigenvalue weighted by atomic mass is 9.98. The van der Waals surface area contributed by atoms with E-state index < -0.39 is 5.97 Å². The largest absolute Gasteiger partial charge is 0.461 e. The molecule has 3 aromatic heterocycles. The van der Waals surface area contributed by atoms with Crippen LogP contribution in [-0.4, -0.2) is 29.8 Å². The Labute approximate surface area is 121 Å². The van der Waals surface area contributed by atoms with Crippen LogP contribution in [0.1, 0.15) is 17.4 Å². The minimum atomic E-state index is -0.396. The number of esters is 1. The standard InChI is InChI=1S/C14H11BN2O2S/c1-2-19-14(18)12-11(9-5-7-20-8-9)16-13-10(15)4-3-6-17(12)13/h3-8H,2H2,1H3. The Hall–Kier alpha value is -2.08. The molecule has 0 atom stereocenters. The van der Waals surface area contributed by atoms with Gasteiger partial charge in [-0.05, 0) is 24.4 Å².